The number of amides is 1. The van der Waals surface area contributed by atoms with Crippen LogP contribution in [-0.4, -0.2) is 23.0 Å². The first-order valence-corrected chi connectivity index (χ1v) is 6.07. The van der Waals surface area contributed by atoms with Gasteiger partial charge in [0.2, 0.25) is 5.91 Å². The fourth-order valence-corrected chi connectivity index (χ4v) is 1.69. The largest absolute Gasteiger partial charge is 0.480 e. The summed E-state index contributed by atoms with van der Waals surface area (Å²) in [5.41, 5.74) is 5.89. The third-order valence-corrected chi connectivity index (χ3v) is 2.84. The molecule has 0 radical (unpaired) electrons. The number of nitrogens with two attached hydrogens (primary N) is 1. The van der Waals surface area contributed by atoms with Crippen molar-refractivity contribution >= 4 is 11.9 Å². The Kier molecular flexibility index (Phi) is 4.67. The summed E-state index contributed by atoms with van der Waals surface area (Å²) in [4.78, 5) is 23.2. The van der Waals surface area contributed by atoms with Gasteiger partial charge in [0.25, 0.3) is 0 Å². The molecule has 0 bridgehead atoms. The van der Waals surface area contributed by atoms with Crippen LogP contribution in [0.5, 0.6) is 0 Å². The van der Waals surface area contributed by atoms with Gasteiger partial charge in [0.05, 0.1) is 0 Å². The predicted octanol–water partition coefficient (Wildman–Crippen LogP) is 1.30. The van der Waals surface area contributed by atoms with Crippen LogP contribution < -0.4 is 11.1 Å². The lowest BCUT2D eigenvalue weighted by Crippen LogP contribution is -2.51. The molecule has 0 saturated carbocycles. The van der Waals surface area contributed by atoms with E-state index in [1.165, 1.54) is 0 Å². The summed E-state index contributed by atoms with van der Waals surface area (Å²) >= 11 is 0. The lowest BCUT2D eigenvalue weighted by Gasteiger charge is -2.28. The molecule has 1 rings (SSSR count). The maximum absolute atomic E-state index is 12.0. The van der Waals surface area contributed by atoms with E-state index in [-0.39, 0.29) is 0 Å². The molecule has 0 aromatic heterocycles. The maximum Gasteiger partial charge on any atom is 0.326 e. The van der Waals surface area contributed by atoms with Crippen molar-refractivity contribution in [2.24, 2.45) is 11.1 Å². The van der Waals surface area contributed by atoms with Crippen LogP contribution in [0, 0.1) is 5.41 Å². The van der Waals surface area contributed by atoms with Crippen molar-refractivity contribution in [1.29, 1.82) is 0 Å². The van der Waals surface area contributed by atoms with Crippen molar-refractivity contribution in [3.05, 3.63) is 35.9 Å². The minimum Gasteiger partial charge on any atom is -0.480 e. The highest BCUT2D eigenvalue weighted by Crippen LogP contribution is 2.20. The maximum atomic E-state index is 12.0. The molecule has 1 aromatic rings. The first-order chi connectivity index (χ1) is 8.73. The van der Waals surface area contributed by atoms with Gasteiger partial charge in [-0.1, -0.05) is 51.1 Å². The molecular weight excluding hydrogens is 244 g/mol. The normalized spacial score (nSPS) is 14.5. The van der Waals surface area contributed by atoms with Crippen LogP contribution in [0.1, 0.15) is 32.4 Å². The van der Waals surface area contributed by atoms with Gasteiger partial charge in [-0.3, -0.25) is 4.79 Å². The summed E-state index contributed by atoms with van der Waals surface area (Å²) in [5, 5.41) is 11.6. The monoisotopic (exact) mass is 264 g/mol. The molecule has 0 aliphatic rings. The summed E-state index contributed by atoms with van der Waals surface area (Å²) in [6.07, 6.45) is 0. The van der Waals surface area contributed by atoms with Crippen molar-refractivity contribution in [3.8, 4) is 0 Å². The molecule has 0 heterocycles. The Balaban J connectivity index is 2.81. The van der Waals surface area contributed by atoms with E-state index in [0.29, 0.717) is 5.56 Å². The number of carboxylic acids is 1. The molecular formula is C14H20N2O3. The number of hydrogen-bond acceptors (Lipinski definition) is 3. The van der Waals surface area contributed by atoms with Gasteiger partial charge < -0.3 is 16.2 Å². The summed E-state index contributed by atoms with van der Waals surface area (Å²) in [6, 6.07) is 7.00. The van der Waals surface area contributed by atoms with E-state index >= 15 is 0 Å². The number of hydrogen-bond donors (Lipinski definition) is 3. The van der Waals surface area contributed by atoms with Crippen molar-refractivity contribution in [2.75, 3.05) is 0 Å². The highest BCUT2D eigenvalue weighted by molar-refractivity contribution is 5.88. The van der Waals surface area contributed by atoms with Crippen LogP contribution in [0.15, 0.2) is 30.3 Å². The van der Waals surface area contributed by atoms with Crippen LogP contribution in [0.2, 0.25) is 0 Å². The van der Waals surface area contributed by atoms with Gasteiger partial charge in [0, 0.05) is 0 Å². The van der Waals surface area contributed by atoms with E-state index in [1.807, 2.05) is 6.07 Å². The minimum atomic E-state index is -1.07. The molecule has 1 amide bonds. The van der Waals surface area contributed by atoms with Crippen molar-refractivity contribution in [2.45, 2.75) is 32.9 Å². The Hall–Kier alpha value is -1.88. The summed E-state index contributed by atoms with van der Waals surface area (Å²) in [6.45, 7) is 5.25. The molecule has 4 N–H and O–H groups in total. The fourth-order valence-electron chi connectivity index (χ4n) is 1.69. The number of carbonyl (C=O) groups excluding carboxylic acids is 1. The van der Waals surface area contributed by atoms with Gasteiger partial charge in [-0.2, -0.15) is 0 Å². The SMILES string of the molecule is CC(C)(C)[C@@H](NC(=O)[C@H](N)c1ccccc1)C(=O)O. The van der Waals surface area contributed by atoms with Gasteiger partial charge >= 0.3 is 5.97 Å². The van der Waals surface area contributed by atoms with Crippen LogP contribution in [-0.2, 0) is 9.59 Å². The average Bonchev–Trinajstić information content (AvgIpc) is 2.34. The standard InChI is InChI=1S/C14H20N2O3/c1-14(2,3)11(13(18)19)16-12(17)10(15)9-7-5-4-6-8-9/h4-8,10-11H,15H2,1-3H3,(H,16,17)(H,18,19)/t10-,11+/m1/s1. The van der Waals surface area contributed by atoms with Gasteiger partial charge in [-0.25, -0.2) is 4.79 Å². The zero-order chi connectivity index (χ0) is 14.6. The second-order valence-electron chi connectivity index (χ2n) is 5.53. The van der Waals surface area contributed by atoms with Crippen LogP contribution in [0.3, 0.4) is 0 Å². The Labute approximate surface area is 112 Å². The third-order valence-electron chi connectivity index (χ3n) is 2.84. The van der Waals surface area contributed by atoms with Gasteiger partial charge in [-0.15, -0.1) is 0 Å². The van der Waals surface area contributed by atoms with Crippen molar-refractivity contribution in [1.82, 2.24) is 5.32 Å². The van der Waals surface area contributed by atoms with E-state index in [9.17, 15) is 9.59 Å². The molecule has 0 unspecified atom stereocenters. The molecule has 5 nitrogen and oxygen atoms in total. The second-order valence-corrected chi connectivity index (χ2v) is 5.53. The highest BCUT2D eigenvalue weighted by atomic mass is 16.4. The number of carboxylic acid groups (broad SMARTS) is 1. The molecule has 19 heavy (non-hydrogen) atoms. The van der Waals surface area contributed by atoms with E-state index in [0.717, 1.165) is 0 Å². The van der Waals surface area contributed by atoms with Crippen molar-refractivity contribution < 1.29 is 14.7 Å². The van der Waals surface area contributed by atoms with E-state index in [1.54, 1.807) is 45.0 Å². The number of nitrogens with one attached hydrogen (secondary N) is 1. The first-order valence-electron chi connectivity index (χ1n) is 6.07. The fraction of sp³-hybridized carbons (Fsp3) is 0.429. The smallest absolute Gasteiger partial charge is 0.326 e. The lowest BCUT2D eigenvalue weighted by atomic mass is 9.86. The van der Waals surface area contributed by atoms with Crippen LogP contribution in [0.25, 0.3) is 0 Å². The molecule has 104 valence electrons. The lowest BCUT2D eigenvalue weighted by molar-refractivity contribution is -0.145. The molecule has 0 spiro atoms. The Bertz CT molecular complexity index is 452. The molecule has 5 heteroatoms. The quantitative estimate of drug-likeness (QED) is 0.764. The number of aliphatic carboxylic acids is 1. The number of carbonyl (C=O) groups is 2. The van der Waals surface area contributed by atoms with Gasteiger partial charge in [0.15, 0.2) is 0 Å². The van der Waals surface area contributed by atoms with Crippen LogP contribution >= 0.6 is 0 Å². The number of rotatable bonds is 4. The van der Waals surface area contributed by atoms with E-state index in [2.05, 4.69) is 5.32 Å². The molecule has 0 aliphatic carbocycles. The van der Waals surface area contributed by atoms with Gasteiger partial charge in [-0.05, 0) is 11.0 Å². The Morgan fingerprint density at radius 1 is 1.21 bits per heavy atom. The van der Waals surface area contributed by atoms with E-state index in [4.69, 9.17) is 10.8 Å². The Morgan fingerprint density at radius 3 is 2.16 bits per heavy atom. The molecule has 0 aliphatic heterocycles. The third kappa shape index (κ3) is 4.06. The predicted molar refractivity (Wildman–Crippen MR) is 72.4 cm³/mol. The summed E-state index contributed by atoms with van der Waals surface area (Å²) in [5.74, 6) is -1.56. The minimum absolute atomic E-state index is 0.492. The Morgan fingerprint density at radius 2 is 1.74 bits per heavy atom. The number of benzene rings is 1. The second kappa shape index (κ2) is 5.84. The van der Waals surface area contributed by atoms with Gasteiger partial charge in [0.1, 0.15) is 12.1 Å². The summed E-state index contributed by atoms with van der Waals surface area (Å²) in [7, 11) is 0. The molecule has 1 aromatic carbocycles. The topological polar surface area (TPSA) is 92.4 Å². The van der Waals surface area contributed by atoms with Crippen molar-refractivity contribution in [3.63, 3.8) is 0 Å². The highest BCUT2D eigenvalue weighted by Gasteiger charge is 2.33. The summed E-state index contributed by atoms with van der Waals surface area (Å²) < 4.78 is 0. The average molecular weight is 264 g/mol. The zero-order valence-electron chi connectivity index (χ0n) is 11.4. The molecule has 2 atom stereocenters. The van der Waals surface area contributed by atoms with E-state index < -0.39 is 29.4 Å². The first kappa shape index (κ1) is 15.2. The van der Waals surface area contributed by atoms with Crippen LogP contribution in [0.4, 0.5) is 0 Å². The zero-order valence-corrected chi connectivity index (χ0v) is 11.4. The molecule has 0 fully saturated rings. The molecule has 0 saturated heterocycles.